The molecule has 1 amide bonds. The SMILES string of the molecule is N#Cc1ccccc1NC(=O)c1ccc2c(c1)CCCC2. The number of amides is 1. The Hall–Kier alpha value is -2.60. The topological polar surface area (TPSA) is 52.9 Å². The average molecular weight is 276 g/mol. The van der Waals surface area contributed by atoms with E-state index in [1.54, 1.807) is 18.2 Å². The molecule has 3 heteroatoms. The molecule has 2 aromatic rings. The van der Waals surface area contributed by atoms with Crippen LogP contribution in [0.2, 0.25) is 0 Å². The number of carbonyl (C=O) groups is 1. The van der Waals surface area contributed by atoms with Crippen molar-refractivity contribution in [3.8, 4) is 6.07 Å². The number of aryl methyl sites for hydroxylation is 2. The van der Waals surface area contributed by atoms with Crippen molar-refractivity contribution in [1.82, 2.24) is 0 Å². The largest absolute Gasteiger partial charge is 0.321 e. The molecular formula is C18H16N2O. The smallest absolute Gasteiger partial charge is 0.255 e. The molecule has 0 aliphatic heterocycles. The molecule has 0 aromatic heterocycles. The number of anilines is 1. The Balaban J connectivity index is 1.84. The number of hydrogen-bond donors (Lipinski definition) is 1. The van der Waals surface area contributed by atoms with Gasteiger partial charge in [-0.05, 0) is 61.1 Å². The van der Waals surface area contributed by atoms with Gasteiger partial charge in [0, 0.05) is 5.56 Å². The van der Waals surface area contributed by atoms with Gasteiger partial charge in [-0.15, -0.1) is 0 Å². The Morgan fingerprint density at radius 2 is 1.81 bits per heavy atom. The van der Waals surface area contributed by atoms with Crippen LogP contribution < -0.4 is 5.32 Å². The van der Waals surface area contributed by atoms with Gasteiger partial charge in [-0.2, -0.15) is 5.26 Å². The Labute approximate surface area is 124 Å². The molecule has 0 fully saturated rings. The van der Waals surface area contributed by atoms with Gasteiger partial charge in [-0.25, -0.2) is 0 Å². The number of nitrogens with one attached hydrogen (secondary N) is 1. The predicted molar refractivity (Wildman–Crippen MR) is 82.2 cm³/mol. The second-order valence-corrected chi connectivity index (χ2v) is 5.30. The van der Waals surface area contributed by atoms with Crippen LogP contribution in [0.1, 0.15) is 39.9 Å². The third kappa shape index (κ3) is 2.80. The molecule has 0 radical (unpaired) electrons. The van der Waals surface area contributed by atoms with Gasteiger partial charge in [0.1, 0.15) is 6.07 Å². The van der Waals surface area contributed by atoms with Crippen LogP contribution in [-0.2, 0) is 12.8 Å². The van der Waals surface area contributed by atoms with Crippen molar-refractivity contribution in [3.63, 3.8) is 0 Å². The zero-order valence-electron chi connectivity index (χ0n) is 11.7. The summed E-state index contributed by atoms with van der Waals surface area (Å²) in [6.07, 6.45) is 4.57. The molecule has 0 spiro atoms. The molecule has 1 aliphatic carbocycles. The summed E-state index contributed by atoms with van der Waals surface area (Å²) in [6.45, 7) is 0. The first kappa shape index (κ1) is 13.4. The van der Waals surface area contributed by atoms with Crippen LogP contribution in [0.5, 0.6) is 0 Å². The van der Waals surface area contributed by atoms with Crippen LogP contribution in [0.4, 0.5) is 5.69 Å². The number of fused-ring (bicyclic) bond motifs is 1. The lowest BCUT2D eigenvalue weighted by Crippen LogP contribution is -2.14. The van der Waals surface area contributed by atoms with E-state index < -0.39 is 0 Å². The lowest BCUT2D eigenvalue weighted by atomic mass is 9.90. The summed E-state index contributed by atoms with van der Waals surface area (Å²) in [5, 5.41) is 11.9. The van der Waals surface area contributed by atoms with E-state index >= 15 is 0 Å². The number of nitrogens with zero attached hydrogens (tertiary/aromatic N) is 1. The molecule has 1 N–H and O–H groups in total. The van der Waals surface area contributed by atoms with Crippen molar-refractivity contribution in [2.75, 3.05) is 5.32 Å². The van der Waals surface area contributed by atoms with E-state index in [4.69, 9.17) is 5.26 Å². The molecule has 21 heavy (non-hydrogen) atoms. The highest BCUT2D eigenvalue weighted by atomic mass is 16.1. The predicted octanol–water partition coefficient (Wildman–Crippen LogP) is 3.69. The molecule has 3 rings (SSSR count). The van der Waals surface area contributed by atoms with Crippen molar-refractivity contribution >= 4 is 11.6 Å². The fraction of sp³-hybridized carbons (Fsp3) is 0.222. The summed E-state index contributed by atoms with van der Waals surface area (Å²) in [7, 11) is 0. The zero-order valence-corrected chi connectivity index (χ0v) is 11.7. The lowest BCUT2D eigenvalue weighted by molar-refractivity contribution is 0.102. The maximum absolute atomic E-state index is 12.3. The maximum atomic E-state index is 12.3. The minimum absolute atomic E-state index is 0.161. The highest BCUT2D eigenvalue weighted by Gasteiger charge is 2.13. The van der Waals surface area contributed by atoms with Crippen molar-refractivity contribution in [2.24, 2.45) is 0 Å². The van der Waals surface area contributed by atoms with Gasteiger partial charge >= 0.3 is 0 Å². The first-order valence-electron chi connectivity index (χ1n) is 7.20. The molecule has 1 aliphatic rings. The van der Waals surface area contributed by atoms with Gasteiger partial charge in [0.2, 0.25) is 0 Å². The number of benzene rings is 2. The summed E-state index contributed by atoms with van der Waals surface area (Å²) in [6, 6.07) is 15.0. The molecule has 0 saturated heterocycles. The Morgan fingerprint density at radius 3 is 2.62 bits per heavy atom. The van der Waals surface area contributed by atoms with Crippen LogP contribution in [0.25, 0.3) is 0 Å². The van der Waals surface area contributed by atoms with Crippen LogP contribution in [0.15, 0.2) is 42.5 Å². The van der Waals surface area contributed by atoms with Gasteiger partial charge in [0.15, 0.2) is 0 Å². The summed E-state index contributed by atoms with van der Waals surface area (Å²) < 4.78 is 0. The molecular weight excluding hydrogens is 260 g/mol. The van der Waals surface area contributed by atoms with Crippen LogP contribution in [0, 0.1) is 11.3 Å². The first-order valence-corrected chi connectivity index (χ1v) is 7.20. The van der Waals surface area contributed by atoms with Crippen molar-refractivity contribution < 1.29 is 4.79 Å². The zero-order chi connectivity index (χ0) is 14.7. The normalized spacial score (nSPS) is 13.1. The van der Waals surface area contributed by atoms with Crippen LogP contribution in [0.3, 0.4) is 0 Å². The fourth-order valence-corrected chi connectivity index (χ4v) is 2.76. The molecule has 0 unspecified atom stereocenters. The molecule has 0 bridgehead atoms. The Bertz CT molecular complexity index is 728. The quantitative estimate of drug-likeness (QED) is 0.909. The van der Waals surface area contributed by atoms with E-state index in [1.807, 2.05) is 18.2 Å². The third-order valence-electron chi connectivity index (χ3n) is 3.91. The van der Waals surface area contributed by atoms with Gasteiger partial charge in [0.25, 0.3) is 5.91 Å². The highest BCUT2D eigenvalue weighted by molar-refractivity contribution is 6.05. The minimum atomic E-state index is -0.161. The van der Waals surface area contributed by atoms with Crippen LogP contribution in [-0.4, -0.2) is 5.91 Å². The van der Waals surface area contributed by atoms with E-state index in [-0.39, 0.29) is 5.91 Å². The number of carbonyl (C=O) groups excluding carboxylic acids is 1. The average Bonchev–Trinajstić information content (AvgIpc) is 2.55. The molecule has 0 atom stereocenters. The van der Waals surface area contributed by atoms with E-state index in [1.165, 1.54) is 24.0 Å². The monoisotopic (exact) mass is 276 g/mol. The second kappa shape index (κ2) is 5.80. The van der Waals surface area contributed by atoms with Gasteiger partial charge in [-0.1, -0.05) is 18.2 Å². The van der Waals surface area contributed by atoms with E-state index in [0.29, 0.717) is 16.8 Å². The minimum Gasteiger partial charge on any atom is -0.321 e. The van der Waals surface area contributed by atoms with Crippen molar-refractivity contribution in [3.05, 3.63) is 64.7 Å². The standard InChI is InChI=1S/C18H16N2O/c19-12-16-7-3-4-8-17(16)20-18(21)15-10-9-13-5-1-2-6-14(13)11-15/h3-4,7-11H,1-2,5-6H2,(H,20,21). The van der Waals surface area contributed by atoms with E-state index in [0.717, 1.165) is 12.8 Å². The van der Waals surface area contributed by atoms with Crippen molar-refractivity contribution in [2.45, 2.75) is 25.7 Å². The summed E-state index contributed by atoms with van der Waals surface area (Å²) >= 11 is 0. The van der Waals surface area contributed by atoms with E-state index in [2.05, 4.69) is 17.5 Å². The summed E-state index contributed by atoms with van der Waals surface area (Å²) in [5.74, 6) is -0.161. The van der Waals surface area contributed by atoms with E-state index in [9.17, 15) is 4.79 Å². The Kier molecular flexibility index (Phi) is 3.70. The number of hydrogen-bond acceptors (Lipinski definition) is 2. The number of para-hydroxylation sites is 1. The second-order valence-electron chi connectivity index (χ2n) is 5.30. The first-order chi connectivity index (χ1) is 10.3. The maximum Gasteiger partial charge on any atom is 0.255 e. The van der Waals surface area contributed by atoms with Gasteiger partial charge < -0.3 is 5.32 Å². The van der Waals surface area contributed by atoms with Gasteiger partial charge in [0.05, 0.1) is 11.3 Å². The highest BCUT2D eigenvalue weighted by Crippen LogP contribution is 2.23. The van der Waals surface area contributed by atoms with Gasteiger partial charge in [-0.3, -0.25) is 4.79 Å². The Morgan fingerprint density at radius 1 is 1.05 bits per heavy atom. The molecule has 3 nitrogen and oxygen atoms in total. The number of nitriles is 1. The third-order valence-corrected chi connectivity index (χ3v) is 3.91. The summed E-state index contributed by atoms with van der Waals surface area (Å²) in [5.41, 5.74) is 4.33. The van der Waals surface area contributed by atoms with Crippen molar-refractivity contribution in [1.29, 1.82) is 5.26 Å². The van der Waals surface area contributed by atoms with Crippen LogP contribution >= 0.6 is 0 Å². The lowest BCUT2D eigenvalue weighted by Gasteiger charge is -2.16. The molecule has 2 aromatic carbocycles. The number of rotatable bonds is 2. The molecule has 0 saturated carbocycles. The fourth-order valence-electron chi connectivity index (χ4n) is 2.76. The molecule has 0 heterocycles. The molecule has 104 valence electrons. The summed E-state index contributed by atoms with van der Waals surface area (Å²) in [4.78, 5) is 12.3.